The molecule has 1 saturated heterocycles. The summed E-state index contributed by atoms with van der Waals surface area (Å²) in [6, 6.07) is 8.16. The number of fused-ring (bicyclic) bond motifs is 2. The van der Waals surface area contributed by atoms with Gasteiger partial charge in [0, 0.05) is 28.8 Å². The largest absolute Gasteiger partial charge is 0.497 e. The van der Waals surface area contributed by atoms with Crippen molar-refractivity contribution in [3.05, 3.63) is 45.9 Å². The predicted molar refractivity (Wildman–Crippen MR) is 165 cm³/mol. The van der Waals surface area contributed by atoms with Gasteiger partial charge in [-0.25, -0.2) is 9.97 Å². The van der Waals surface area contributed by atoms with Crippen LogP contribution in [0.15, 0.2) is 36.8 Å². The highest BCUT2D eigenvalue weighted by Gasteiger charge is 2.55. The van der Waals surface area contributed by atoms with Gasteiger partial charge in [-0.15, -0.1) is 0 Å². The number of hydrogen-bond donors (Lipinski definition) is 1. The minimum Gasteiger partial charge on any atom is -0.497 e. The van der Waals surface area contributed by atoms with Crippen LogP contribution in [0.5, 0.6) is 5.75 Å². The topological polar surface area (TPSA) is 79.7 Å². The number of ether oxygens (including phenoxy) is 3. The molecular weight excluding hydrogens is 623 g/mol. The van der Waals surface area contributed by atoms with Crippen molar-refractivity contribution in [3.63, 3.8) is 0 Å². The molecule has 0 unspecified atom stereocenters. The zero-order valence-corrected chi connectivity index (χ0v) is 27.4. The average molecular weight is 665 g/mol. The number of anilines is 1. The molecular formula is C29H41IN4O4Si. The maximum Gasteiger partial charge on any atom is 0.191 e. The molecule has 1 aliphatic heterocycles. The summed E-state index contributed by atoms with van der Waals surface area (Å²) in [6.45, 7) is 16.8. The summed E-state index contributed by atoms with van der Waals surface area (Å²) < 4.78 is 28.4. The van der Waals surface area contributed by atoms with E-state index < -0.39 is 14.1 Å². The summed E-state index contributed by atoms with van der Waals surface area (Å²) in [6.07, 6.45) is 4.67. The first-order valence-electron chi connectivity index (χ1n) is 13.7. The molecule has 212 valence electrons. The third-order valence-electron chi connectivity index (χ3n) is 8.56. The lowest BCUT2D eigenvalue weighted by molar-refractivity contribution is -0.161. The molecule has 3 heterocycles. The van der Waals surface area contributed by atoms with Crippen molar-refractivity contribution < 1.29 is 18.6 Å². The van der Waals surface area contributed by atoms with Crippen LogP contribution in [-0.4, -0.2) is 54.6 Å². The molecule has 10 heteroatoms. The summed E-state index contributed by atoms with van der Waals surface area (Å²) in [7, 11) is -0.205. The Morgan fingerprint density at radius 3 is 2.49 bits per heavy atom. The molecule has 39 heavy (non-hydrogen) atoms. The van der Waals surface area contributed by atoms with Gasteiger partial charge in [0.05, 0.1) is 24.6 Å². The van der Waals surface area contributed by atoms with Gasteiger partial charge in [0.1, 0.15) is 29.6 Å². The third-order valence-corrected chi connectivity index (χ3v) is 13.9. The van der Waals surface area contributed by atoms with E-state index in [4.69, 9.17) is 23.6 Å². The molecule has 1 aliphatic carbocycles. The van der Waals surface area contributed by atoms with Gasteiger partial charge in [-0.05, 0) is 78.7 Å². The highest BCUT2D eigenvalue weighted by Crippen LogP contribution is 2.49. The van der Waals surface area contributed by atoms with Gasteiger partial charge in [-0.1, -0.05) is 32.9 Å². The van der Waals surface area contributed by atoms with Crippen molar-refractivity contribution in [2.75, 3.05) is 19.0 Å². The summed E-state index contributed by atoms with van der Waals surface area (Å²) in [4.78, 5) is 9.35. The van der Waals surface area contributed by atoms with Crippen LogP contribution in [0.3, 0.4) is 0 Å². The molecule has 0 radical (unpaired) electrons. The number of aromatic nitrogens is 3. The Morgan fingerprint density at radius 1 is 1.13 bits per heavy atom. The molecule has 2 fully saturated rings. The molecule has 4 atom stereocenters. The number of methoxy groups -OCH3 is 1. The molecule has 1 N–H and O–H groups in total. The minimum absolute atomic E-state index is 0.0145. The molecule has 0 bridgehead atoms. The zero-order valence-electron chi connectivity index (χ0n) is 24.2. The number of nitrogens with one attached hydrogen (secondary N) is 1. The van der Waals surface area contributed by atoms with Crippen molar-refractivity contribution >= 4 is 47.8 Å². The molecule has 3 aromatic rings. The summed E-state index contributed by atoms with van der Waals surface area (Å²) in [5.74, 6) is 1.30. The standard InChI is InChI=1S/C29H41IN4O4Si/c1-28(2,3)39(7,8)36-16-19-13-22(25-24(19)37-29(4,5)38-25)34-15-21(30)23-26(32-17-33-27(23)34)31-14-18-9-11-20(35-6)12-10-18/h9-12,15,17,19,22,24-25H,13-14,16H2,1-8H3,(H,31,32,33)/t19-,22-,24-,25+/m1/s1. The molecule has 5 rings (SSSR count). The van der Waals surface area contributed by atoms with E-state index in [0.717, 1.165) is 38.2 Å². The maximum atomic E-state index is 6.69. The van der Waals surface area contributed by atoms with E-state index in [-0.39, 0.29) is 29.2 Å². The molecule has 0 amide bonds. The van der Waals surface area contributed by atoms with Crippen LogP contribution in [0.2, 0.25) is 18.1 Å². The fourth-order valence-electron chi connectivity index (χ4n) is 5.38. The minimum atomic E-state index is -1.88. The van der Waals surface area contributed by atoms with E-state index in [2.05, 4.69) is 89.7 Å². The Balaban J connectivity index is 1.41. The second-order valence-corrected chi connectivity index (χ2v) is 18.7. The number of hydrogen-bond acceptors (Lipinski definition) is 7. The molecule has 1 saturated carbocycles. The molecule has 2 aliphatic rings. The molecule has 1 aromatic carbocycles. The van der Waals surface area contributed by atoms with E-state index in [1.165, 1.54) is 0 Å². The van der Waals surface area contributed by atoms with E-state index in [0.29, 0.717) is 13.2 Å². The van der Waals surface area contributed by atoms with Crippen LogP contribution in [0.1, 0.15) is 52.6 Å². The van der Waals surface area contributed by atoms with E-state index in [1.807, 2.05) is 26.0 Å². The highest BCUT2D eigenvalue weighted by molar-refractivity contribution is 14.1. The highest BCUT2D eigenvalue weighted by atomic mass is 127. The number of benzene rings is 1. The normalized spacial score (nSPS) is 24.7. The predicted octanol–water partition coefficient (Wildman–Crippen LogP) is 6.76. The maximum absolute atomic E-state index is 6.69. The average Bonchev–Trinajstić information content (AvgIpc) is 3.49. The van der Waals surface area contributed by atoms with Crippen molar-refractivity contribution in [1.82, 2.24) is 14.5 Å². The van der Waals surface area contributed by atoms with Crippen LogP contribution in [0.4, 0.5) is 5.82 Å². The van der Waals surface area contributed by atoms with Gasteiger partial charge in [-0.2, -0.15) is 0 Å². The summed E-state index contributed by atoms with van der Waals surface area (Å²) in [5, 5.41) is 4.72. The Labute approximate surface area is 246 Å². The fourth-order valence-corrected chi connectivity index (χ4v) is 7.24. The van der Waals surface area contributed by atoms with E-state index >= 15 is 0 Å². The van der Waals surface area contributed by atoms with Gasteiger partial charge in [-0.3, -0.25) is 0 Å². The van der Waals surface area contributed by atoms with E-state index in [1.54, 1.807) is 13.4 Å². The van der Waals surface area contributed by atoms with Crippen LogP contribution in [0, 0.1) is 9.49 Å². The Bertz CT molecular complexity index is 1320. The van der Waals surface area contributed by atoms with Crippen molar-refractivity contribution in [1.29, 1.82) is 0 Å². The molecule has 8 nitrogen and oxygen atoms in total. The van der Waals surface area contributed by atoms with Crippen LogP contribution >= 0.6 is 22.6 Å². The van der Waals surface area contributed by atoms with Crippen LogP contribution in [-0.2, 0) is 20.4 Å². The fraction of sp³-hybridized carbons (Fsp3) is 0.586. The SMILES string of the molecule is COc1ccc(CNc2ncnc3c2c(I)cn3[C@@H]2C[C@H](CO[Si](C)(C)C(C)(C)C)[C@H]3OC(C)(C)O[C@H]32)cc1. The summed E-state index contributed by atoms with van der Waals surface area (Å²) in [5.41, 5.74) is 2.06. The monoisotopic (exact) mass is 664 g/mol. The summed E-state index contributed by atoms with van der Waals surface area (Å²) >= 11 is 2.39. The number of rotatable bonds is 8. The quantitative estimate of drug-likeness (QED) is 0.211. The van der Waals surface area contributed by atoms with E-state index in [9.17, 15) is 0 Å². The lowest BCUT2D eigenvalue weighted by Gasteiger charge is -2.37. The van der Waals surface area contributed by atoms with Gasteiger partial charge < -0.3 is 28.5 Å². The first kappa shape index (κ1) is 28.8. The first-order valence-corrected chi connectivity index (χ1v) is 17.7. The zero-order chi connectivity index (χ0) is 28.2. The molecule has 2 aromatic heterocycles. The van der Waals surface area contributed by atoms with Crippen LogP contribution < -0.4 is 10.1 Å². The van der Waals surface area contributed by atoms with Gasteiger partial charge in [0.15, 0.2) is 14.1 Å². The Morgan fingerprint density at radius 2 is 1.82 bits per heavy atom. The van der Waals surface area contributed by atoms with Crippen molar-refractivity contribution in [2.45, 2.75) is 89.8 Å². The lowest BCUT2D eigenvalue weighted by Crippen LogP contribution is -2.43. The smallest absolute Gasteiger partial charge is 0.191 e. The second-order valence-electron chi connectivity index (χ2n) is 12.7. The molecule has 0 spiro atoms. The third kappa shape index (κ3) is 5.72. The Kier molecular flexibility index (Phi) is 7.82. The van der Waals surface area contributed by atoms with Crippen molar-refractivity contribution in [3.8, 4) is 5.75 Å². The van der Waals surface area contributed by atoms with Crippen molar-refractivity contribution in [2.24, 2.45) is 5.92 Å². The number of nitrogens with zero attached hydrogens (tertiary/aromatic N) is 3. The van der Waals surface area contributed by atoms with Gasteiger partial charge in [0.25, 0.3) is 0 Å². The second kappa shape index (κ2) is 10.6. The lowest BCUT2D eigenvalue weighted by atomic mass is 10.1. The Hall–Kier alpha value is -1.73. The van der Waals surface area contributed by atoms with Gasteiger partial charge in [0.2, 0.25) is 0 Å². The number of halogens is 1. The first-order chi connectivity index (χ1) is 18.3. The van der Waals surface area contributed by atoms with Gasteiger partial charge >= 0.3 is 0 Å². The van der Waals surface area contributed by atoms with Crippen LogP contribution in [0.25, 0.3) is 11.0 Å².